The fourth-order valence-corrected chi connectivity index (χ4v) is 3.72. The van der Waals surface area contributed by atoms with Crippen molar-refractivity contribution in [1.29, 1.82) is 5.26 Å². The van der Waals surface area contributed by atoms with Crippen molar-refractivity contribution < 1.29 is 0 Å². The maximum absolute atomic E-state index is 9.58. The third kappa shape index (κ3) is 3.12. The summed E-state index contributed by atoms with van der Waals surface area (Å²) in [5, 5.41) is 13.1. The van der Waals surface area contributed by atoms with Crippen molar-refractivity contribution >= 4 is 0 Å². The Morgan fingerprint density at radius 1 is 1.21 bits per heavy atom. The summed E-state index contributed by atoms with van der Waals surface area (Å²) in [7, 11) is 0. The van der Waals surface area contributed by atoms with Crippen LogP contribution in [-0.4, -0.2) is 35.1 Å². The number of nitriles is 1. The quantitative estimate of drug-likeness (QED) is 0.799. The Hall–Kier alpha value is -0.590. The zero-order valence-electron chi connectivity index (χ0n) is 12.4. The summed E-state index contributed by atoms with van der Waals surface area (Å²) in [4.78, 5) is 2.76. The van der Waals surface area contributed by atoms with Crippen molar-refractivity contribution in [2.75, 3.05) is 6.54 Å². The summed E-state index contributed by atoms with van der Waals surface area (Å²) in [6.07, 6.45) is 8.91. The highest BCUT2D eigenvalue weighted by atomic mass is 15.2. The average Bonchev–Trinajstić information content (AvgIpc) is 3.25. The molecule has 3 aliphatic rings. The molecule has 0 aromatic rings. The van der Waals surface area contributed by atoms with E-state index in [-0.39, 0.29) is 5.54 Å². The normalized spacial score (nSPS) is 35.0. The maximum atomic E-state index is 9.58. The molecule has 0 aliphatic heterocycles. The molecule has 3 aliphatic carbocycles. The number of nitrogens with one attached hydrogen (secondary N) is 1. The van der Waals surface area contributed by atoms with Crippen molar-refractivity contribution in [3.63, 3.8) is 0 Å². The number of nitrogens with zero attached hydrogens (tertiary/aromatic N) is 2. The Bertz CT molecular complexity index is 365. The van der Waals surface area contributed by atoms with Gasteiger partial charge in [0, 0.05) is 24.7 Å². The fourth-order valence-electron chi connectivity index (χ4n) is 3.72. The highest BCUT2D eigenvalue weighted by molar-refractivity contribution is 5.14. The molecule has 106 valence electrons. The Balaban J connectivity index is 1.63. The Labute approximate surface area is 117 Å². The van der Waals surface area contributed by atoms with Gasteiger partial charge in [-0.15, -0.1) is 0 Å². The molecule has 0 saturated heterocycles. The number of hydrogen-bond donors (Lipinski definition) is 1. The summed E-state index contributed by atoms with van der Waals surface area (Å²) < 4.78 is 0. The van der Waals surface area contributed by atoms with Crippen molar-refractivity contribution in [3.05, 3.63) is 0 Å². The highest BCUT2D eigenvalue weighted by Crippen LogP contribution is 2.41. The molecule has 3 rings (SSSR count). The van der Waals surface area contributed by atoms with Gasteiger partial charge in [-0.3, -0.25) is 10.2 Å². The van der Waals surface area contributed by atoms with Crippen molar-refractivity contribution in [2.45, 2.75) is 82.5 Å². The van der Waals surface area contributed by atoms with Gasteiger partial charge in [-0.25, -0.2) is 0 Å². The van der Waals surface area contributed by atoms with E-state index in [1.807, 2.05) is 0 Å². The van der Waals surface area contributed by atoms with Crippen molar-refractivity contribution in [1.82, 2.24) is 10.2 Å². The zero-order chi connectivity index (χ0) is 13.5. The molecule has 2 atom stereocenters. The molecule has 3 fully saturated rings. The van der Waals surface area contributed by atoms with E-state index < -0.39 is 0 Å². The minimum atomic E-state index is -0.254. The van der Waals surface area contributed by atoms with Gasteiger partial charge in [0.05, 0.1) is 6.07 Å². The molecule has 2 unspecified atom stereocenters. The van der Waals surface area contributed by atoms with E-state index >= 15 is 0 Å². The smallest absolute Gasteiger partial charge is 0.108 e. The number of rotatable bonds is 6. The van der Waals surface area contributed by atoms with Gasteiger partial charge in [0.1, 0.15) is 5.54 Å². The van der Waals surface area contributed by atoms with Gasteiger partial charge in [0.25, 0.3) is 0 Å². The van der Waals surface area contributed by atoms with Crippen LogP contribution in [0.15, 0.2) is 0 Å². The molecular weight excluding hydrogens is 234 g/mol. The zero-order valence-corrected chi connectivity index (χ0v) is 12.4. The summed E-state index contributed by atoms with van der Waals surface area (Å²) in [6.45, 7) is 5.60. The van der Waals surface area contributed by atoms with E-state index in [1.54, 1.807) is 0 Å². The van der Waals surface area contributed by atoms with Gasteiger partial charge in [0.15, 0.2) is 0 Å². The summed E-state index contributed by atoms with van der Waals surface area (Å²) in [5.41, 5.74) is -0.254. The lowest BCUT2D eigenvalue weighted by molar-refractivity contribution is 0.173. The first kappa shape index (κ1) is 13.4. The summed E-state index contributed by atoms with van der Waals surface area (Å²) in [5.74, 6) is 0.968. The lowest BCUT2D eigenvalue weighted by Crippen LogP contribution is -2.47. The molecule has 0 spiro atoms. The van der Waals surface area contributed by atoms with E-state index in [0.717, 1.165) is 24.8 Å². The first-order valence-electron chi connectivity index (χ1n) is 8.06. The van der Waals surface area contributed by atoms with E-state index in [0.29, 0.717) is 12.1 Å². The van der Waals surface area contributed by atoms with Crippen LogP contribution in [0.1, 0.15) is 58.8 Å². The molecule has 0 aromatic heterocycles. The van der Waals surface area contributed by atoms with Crippen LogP contribution in [0.4, 0.5) is 0 Å². The first-order chi connectivity index (χ1) is 9.12. The van der Waals surface area contributed by atoms with Gasteiger partial charge in [-0.05, 0) is 64.7 Å². The predicted octanol–water partition coefficient (Wildman–Crippen LogP) is 2.67. The molecule has 0 aromatic carbocycles. The lowest BCUT2D eigenvalue weighted by Gasteiger charge is -2.31. The largest absolute Gasteiger partial charge is 0.297 e. The first-order valence-corrected chi connectivity index (χ1v) is 8.06. The van der Waals surface area contributed by atoms with Crippen LogP contribution in [0.2, 0.25) is 0 Å². The van der Waals surface area contributed by atoms with Gasteiger partial charge >= 0.3 is 0 Å². The van der Waals surface area contributed by atoms with Crippen LogP contribution in [-0.2, 0) is 0 Å². The minimum Gasteiger partial charge on any atom is -0.297 e. The van der Waals surface area contributed by atoms with Gasteiger partial charge in [0.2, 0.25) is 0 Å². The van der Waals surface area contributed by atoms with E-state index in [2.05, 4.69) is 30.1 Å². The average molecular weight is 261 g/mol. The third-order valence-electron chi connectivity index (χ3n) is 4.92. The fraction of sp³-hybridized carbons (Fsp3) is 0.938. The molecule has 0 amide bonds. The second-order valence-corrected chi connectivity index (χ2v) is 7.26. The SMILES string of the molecule is CC(C)NC1(C#N)CCC(N(CC2CC2)C2CC2)C1. The van der Waals surface area contributed by atoms with Crippen LogP contribution in [0.25, 0.3) is 0 Å². The van der Waals surface area contributed by atoms with E-state index in [9.17, 15) is 5.26 Å². The van der Waals surface area contributed by atoms with Gasteiger partial charge < -0.3 is 0 Å². The molecular formula is C16H27N3. The molecule has 0 radical (unpaired) electrons. The van der Waals surface area contributed by atoms with Crippen molar-refractivity contribution in [2.24, 2.45) is 5.92 Å². The summed E-state index contributed by atoms with van der Waals surface area (Å²) >= 11 is 0. The second kappa shape index (κ2) is 5.07. The monoisotopic (exact) mass is 261 g/mol. The second-order valence-electron chi connectivity index (χ2n) is 7.26. The lowest BCUT2D eigenvalue weighted by atomic mass is 9.98. The molecule has 0 bridgehead atoms. The number of hydrogen-bond acceptors (Lipinski definition) is 3. The minimum absolute atomic E-state index is 0.254. The summed E-state index contributed by atoms with van der Waals surface area (Å²) in [6, 6.07) is 4.48. The van der Waals surface area contributed by atoms with Crippen LogP contribution in [0.3, 0.4) is 0 Å². The molecule has 3 saturated carbocycles. The van der Waals surface area contributed by atoms with Crippen LogP contribution in [0, 0.1) is 17.2 Å². The molecule has 19 heavy (non-hydrogen) atoms. The third-order valence-corrected chi connectivity index (χ3v) is 4.92. The highest BCUT2D eigenvalue weighted by Gasteiger charge is 2.46. The molecule has 0 heterocycles. The topological polar surface area (TPSA) is 39.1 Å². The molecule has 3 nitrogen and oxygen atoms in total. The van der Waals surface area contributed by atoms with Gasteiger partial charge in [-0.1, -0.05) is 0 Å². The maximum Gasteiger partial charge on any atom is 0.108 e. The van der Waals surface area contributed by atoms with Gasteiger partial charge in [-0.2, -0.15) is 5.26 Å². The Kier molecular flexibility index (Phi) is 3.57. The predicted molar refractivity (Wildman–Crippen MR) is 76.7 cm³/mol. The Morgan fingerprint density at radius 2 is 1.95 bits per heavy atom. The van der Waals surface area contributed by atoms with E-state index in [4.69, 9.17) is 0 Å². The van der Waals surface area contributed by atoms with E-state index in [1.165, 1.54) is 38.6 Å². The molecule has 1 N–H and O–H groups in total. The van der Waals surface area contributed by atoms with Crippen LogP contribution in [0.5, 0.6) is 0 Å². The van der Waals surface area contributed by atoms with Crippen LogP contribution < -0.4 is 5.32 Å². The Morgan fingerprint density at radius 3 is 2.47 bits per heavy atom. The van der Waals surface area contributed by atoms with Crippen LogP contribution >= 0.6 is 0 Å². The standard InChI is InChI=1S/C16H27N3/c1-12(2)18-16(11-17)8-7-15(9-16)19(14-5-6-14)10-13-3-4-13/h12-15,18H,3-10H2,1-2H3. The molecule has 3 heteroatoms. The van der Waals surface area contributed by atoms with Crippen molar-refractivity contribution in [3.8, 4) is 6.07 Å².